The lowest BCUT2D eigenvalue weighted by atomic mass is 9.59. The Hall–Kier alpha value is -0.520. The van der Waals surface area contributed by atoms with Gasteiger partial charge in [-0.25, -0.2) is 0 Å². The van der Waals surface area contributed by atoms with Crippen molar-refractivity contribution in [2.75, 3.05) is 0 Å². The molecule has 1 aliphatic carbocycles. The number of hydrogen-bond donors (Lipinski definition) is 0. The maximum absolute atomic E-state index is 2.44. The highest BCUT2D eigenvalue weighted by Crippen LogP contribution is 2.50. The first kappa shape index (κ1) is 13.5. The van der Waals surface area contributed by atoms with E-state index in [0.29, 0.717) is 10.8 Å². The Morgan fingerprint density at radius 2 is 1.56 bits per heavy atom. The Labute approximate surface area is 102 Å². The summed E-state index contributed by atoms with van der Waals surface area (Å²) in [7, 11) is 0. The quantitative estimate of drug-likeness (QED) is 0.515. The van der Waals surface area contributed by atoms with Crippen LogP contribution in [0.1, 0.15) is 61.8 Å². The second kappa shape index (κ2) is 3.75. The van der Waals surface area contributed by atoms with E-state index in [-0.39, 0.29) is 5.41 Å². The molecule has 0 bridgehead atoms. The van der Waals surface area contributed by atoms with Gasteiger partial charge in [0.05, 0.1) is 0 Å². The lowest BCUT2D eigenvalue weighted by Gasteiger charge is -2.45. The Morgan fingerprint density at radius 1 is 1.06 bits per heavy atom. The SMILES string of the molecule is CC1=CC(C(C)(C)C)=CCC1(C)C(C)(C)C. The van der Waals surface area contributed by atoms with Crippen molar-refractivity contribution in [3.05, 3.63) is 23.3 Å². The predicted molar refractivity (Wildman–Crippen MR) is 73.5 cm³/mol. The van der Waals surface area contributed by atoms with E-state index < -0.39 is 0 Å². The smallest absolute Gasteiger partial charge is 0.00328 e. The van der Waals surface area contributed by atoms with Gasteiger partial charge in [-0.3, -0.25) is 0 Å². The van der Waals surface area contributed by atoms with Gasteiger partial charge in [0.2, 0.25) is 0 Å². The van der Waals surface area contributed by atoms with Crippen LogP contribution in [0.3, 0.4) is 0 Å². The zero-order chi connectivity index (χ0) is 12.8. The summed E-state index contributed by atoms with van der Waals surface area (Å²) < 4.78 is 0. The van der Waals surface area contributed by atoms with Crippen LogP contribution in [-0.4, -0.2) is 0 Å². The summed E-state index contributed by atoms with van der Waals surface area (Å²) in [6.07, 6.45) is 6.03. The van der Waals surface area contributed by atoms with E-state index in [9.17, 15) is 0 Å². The molecule has 0 spiro atoms. The summed E-state index contributed by atoms with van der Waals surface area (Å²) in [5.74, 6) is 0. The molecule has 0 N–H and O–H groups in total. The topological polar surface area (TPSA) is 0 Å². The zero-order valence-electron chi connectivity index (χ0n) is 12.4. The van der Waals surface area contributed by atoms with Crippen LogP contribution in [0.5, 0.6) is 0 Å². The van der Waals surface area contributed by atoms with Crippen LogP contribution in [0.15, 0.2) is 23.3 Å². The van der Waals surface area contributed by atoms with Gasteiger partial charge in [0, 0.05) is 0 Å². The van der Waals surface area contributed by atoms with Crippen LogP contribution in [-0.2, 0) is 0 Å². The molecule has 1 atom stereocenters. The van der Waals surface area contributed by atoms with Gasteiger partial charge in [0.1, 0.15) is 0 Å². The standard InChI is InChI=1S/C16H28/c1-12-11-13(14(2,3)4)9-10-16(12,8)15(5,6)7/h9,11H,10H2,1-8H3. The Balaban J connectivity index is 3.08. The molecule has 0 heterocycles. The highest BCUT2D eigenvalue weighted by atomic mass is 14.4. The van der Waals surface area contributed by atoms with Crippen molar-refractivity contribution in [3.63, 3.8) is 0 Å². The molecule has 0 aromatic heterocycles. The van der Waals surface area contributed by atoms with Crippen molar-refractivity contribution in [1.29, 1.82) is 0 Å². The van der Waals surface area contributed by atoms with Crippen LogP contribution in [0.2, 0.25) is 0 Å². The van der Waals surface area contributed by atoms with Crippen molar-refractivity contribution in [3.8, 4) is 0 Å². The van der Waals surface area contributed by atoms with Crippen LogP contribution in [0.4, 0.5) is 0 Å². The van der Waals surface area contributed by atoms with Gasteiger partial charge in [0.15, 0.2) is 0 Å². The van der Waals surface area contributed by atoms with Gasteiger partial charge in [0.25, 0.3) is 0 Å². The van der Waals surface area contributed by atoms with Crippen molar-refractivity contribution in [2.45, 2.75) is 61.8 Å². The number of allylic oxidation sites excluding steroid dienone is 4. The first-order valence-corrected chi connectivity index (χ1v) is 6.38. The second-order valence-corrected chi connectivity index (χ2v) is 7.52. The Kier molecular flexibility index (Phi) is 3.18. The van der Waals surface area contributed by atoms with Crippen LogP contribution >= 0.6 is 0 Å². The molecule has 92 valence electrons. The van der Waals surface area contributed by atoms with Gasteiger partial charge in [-0.15, -0.1) is 0 Å². The lowest BCUT2D eigenvalue weighted by Crippen LogP contribution is -2.35. The average Bonchev–Trinajstić information content (AvgIpc) is 2.05. The minimum atomic E-state index is 0.278. The van der Waals surface area contributed by atoms with Gasteiger partial charge in [-0.2, -0.15) is 0 Å². The molecule has 0 saturated heterocycles. The van der Waals surface area contributed by atoms with E-state index in [2.05, 4.69) is 67.5 Å². The Morgan fingerprint density at radius 3 is 1.88 bits per heavy atom. The third kappa shape index (κ3) is 2.26. The molecule has 0 aliphatic heterocycles. The fraction of sp³-hybridized carbons (Fsp3) is 0.750. The highest BCUT2D eigenvalue weighted by molar-refractivity contribution is 5.36. The monoisotopic (exact) mass is 220 g/mol. The van der Waals surface area contributed by atoms with Crippen molar-refractivity contribution >= 4 is 0 Å². The van der Waals surface area contributed by atoms with E-state index in [0.717, 1.165) is 0 Å². The molecule has 16 heavy (non-hydrogen) atoms. The lowest BCUT2D eigenvalue weighted by molar-refractivity contribution is 0.153. The van der Waals surface area contributed by atoms with E-state index in [1.165, 1.54) is 17.6 Å². The number of hydrogen-bond acceptors (Lipinski definition) is 0. The molecule has 1 rings (SSSR count). The average molecular weight is 220 g/mol. The minimum Gasteiger partial charge on any atom is -0.0799 e. The molecular weight excluding hydrogens is 192 g/mol. The van der Waals surface area contributed by atoms with Crippen LogP contribution in [0, 0.1) is 16.2 Å². The molecule has 0 fully saturated rings. The molecule has 0 radical (unpaired) electrons. The van der Waals surface area contributed by atoms with E-state index in [1.807, 2.05) is 0 Å². The molecule has 0 aromatic carbocycles. The first-order valence-electron chi connectivity index (χ1n) is 6.38. The largest absolute Gasteiger partial charge is 0.0799 e. The Bertz CT molecular complexity index is 328. The van der Waals surface area contributed by atoms with Crippen LogP contribution in [0.25, 0.3) is 0 Å². The summed E-state index contributed by atoms with van der Waals surface area (Å²) in [6, 6.07) is 0. The van der Waals surface area contributed by atoms with Gasteiger partial charge >= 0.3 is 0 Å². The zero-order valence-corrected chi connectivity index (χ0v) is 12.4. The molecule has 0 heteroatoms. The predicted octanol–water partition coefficient (Wildman–Crippen LogP) is 5.36. The normalized spacial score (nSPS) is 27.5. The summed E-state index contributed by atoms with van der Waals surface area (Å²) in [6.45, 7) is 18.6. The van der Waals surface area contributed by atoms with E-state index >= 15 is 0 Å². The van der Waals surface area contributed by atoms with E-state index in [1.54, 1.807) is 0 Å². The summed E-state index contributed by atoms with van der Waals surface area (Å²) >= 11 is 0. The van der Waals surface area contributed by atoms with Crippen LogP contribution < -0.4 is 0 Å². The summed E-state index contributed by atoms with van der Waals surface area (Å²) in [4.78, 5) is 0. The molecule has 1 aliphatic rings. The fourth-order valence-corrected chi connectivity index (χ4v) is 2.35. The van der Waals surface area contributed by atoms with Gasteiger partial charge in [-0.05, 0) is 35.2 Å². The van der Waals surface area contributed by atoms with Gasteiger partial charge in [-0.1, -0.05) is 66.2 Å². The van der Waals surface area contributed by atoms with E-state index in [4.69, 9.17) is 0 Å². The minimum absolute atomic E-state index is 0.278. The molecule has 0 saturated carbocycles. The maximum atomic E-state index is 2.44. The second-order valence-electron chi connectivity index (χ2n) is 7.52. The third-order valence-electron chi connectivity index (χ3n) is 4.49. The van der Waals surface area contributed by atoms with Gasteiger partial charge < -0.3 is 0 Å². The number of rotatable bonds is 0. The van der Waals surface area contributed by atoms with Crippen molar-refractivity contribution in [1.82, 2.24) is 0 Å². The van der Waals surface area contributed by atoms with Crippen molar-refractivity contribution < 1.29 is 0 Å². The fourth-order valence-electron chi connectivity index (χ4n) is 2.35. The maximum Gasteiger partial charge on any atom is -0.00328 e. The summed E-state index contributed by atoms with van der Waals surface area (Å²) in [5.41, 5.74) is 3.94. The molecular formula is C16H28. The highest BCUT2D eigenvalue weighted by Gasteiger charge is 2.40. The third-order valence-corrected chi connectivity index (χ3v) is 4.49. The molecule has 1 unspecified atom stereocenters. The summed E-state index contributed by atoms with van der Waals surface area (Å²) in [5, 5.41) is 0. The molecule has 0 amide bonds. The van der Waals surface area contributed by atoms with Crippen molar-refractivity contribution in [2.24, 2.45) is 16.2 Å². The molecule has 0 aromatic rings. The first-order chi connectivity index (χ1) is 6.98. The molecule has 0 nitrogen and oxygen atoms in total.